The minimum absolute atomic E-state index is 0. The molecular weight excluding hydrogens is 166 g/mol. The summed E-state index contributed by atoms with van der Waals surface area (Å²) in [5.41, 5.74) is 0. The Labute approximate surface area is 51.0 Å². The van der Waals surface area contributed by atoms with E-state index >= 15 is 0 Å². The summed E-state index contributed by atoms with van der Waals surface area (Å²) in [6, 6.07) is 0. The molecule has 0 bridgehead atoms. The predicted octanol–water partition coefficient (Wildman–Crippen LogP) is -0.361. The van der Waals surface area contributed by atoms with Crippen molar-refractivity contribution in [3.05, 3.63) is 0 Å². The fourth-order valence-corrected chi connectivity index (χ4v) is 0. The Bertz CT molecular complexity index is 4.85. The smallest absolute Gasteiger partial charge is 2.00 e. The van der Waals surface area contributed by atoms with E-state index < -0.39 is 0 Å². The van der Waals surface area contributed by atoms with Gasteiger partial charge in [0.05, 0.1) is 0 Å². The quantitative estimate of drug-likeness (QED) is 0.440. The third-order valence-electron chi connectivity index (χ3n) is 0. The second kappa shape index (κ2) is 89.5. The zero-order valence-corrected chi connectivity index (χ0v) is 4.14. The van der Waals surface area contributed by atoms with Crippen LogP contribution in [0.4, 0.5) is 0 Å². The normalized spacial score (nSPS) is 0. The first kappa shape index (κ1) is 170. The van der Waals surface area contributed by atoms with Gasteiger partial charge in [-0.25, -0.2) is 0 Å². The van der Waals surface area contributed by atoms with Crippen molar-refractivity contribution in [2.45, 2.75) is 0 Å². The summed E-state index contributed by atoms with van der Waals surface area (Å²) < 4.78 is 0. The van der Waals surface area contributed by atoms with Crippen LogP contribution in [0.3, 0.4) is 0 Å². The van der Waals surface area contributed by atoms with Crippen molar-refractivity contribution in [2.24, 2.45) is 0 Å². The van der Waals surface area contributed by atoms with Gasteiger partial charge in [0, 0.05) is 0 Å². The largest absolute Gasteiger partial charge is 3.00 e. The van der Waals surface area contributed by atoms with Crippen molar-refractivity contribution in [1.29, 1.82) is 0 Å². The van der Waals surface area contributed by atoms with Gasteiger partial charge in [0.25, 0.3) is 0 Å². The fourth-order valence-electron chi connectivity index (χ4n) is 0. The van der Waals surface area contributed by atoms with Gasteiger partial charge < -0.3 is 16.4 Å². The predicted molar refractivity (Wildman–Crippen MR) is 2.06 cm³/mol. The Balaban J connectivity index is 0. The zero-order chi connectivity index (χ0) is 0. The molecule has 0 aliphatic heterocycles. The van der Waals surface area contributed by atoms with Crippen LogP contribution >= 0.6 is 0 Å². The van der Waals surface area contributed by atoms with Crippen LogP contribution in [0.15, 0.2) is 0 Å². The molecule has 5 heavy (non-hydrogen) atoms. The SMILES string of the molecule is [59Fe+3].[59Fe+3].[O-2].[O-2].[O-2]. The molecule has 0 spiro atoms. The van der Waals surface area contributed by atoms with Crippen LogP contribution in [-0.2, 0) is 50.6 Å². The molecule has 0 aliphatic carbocycles. The van der Waals surface area contributed by atoms with Crippen LogP contribution in [0, 0.1) is 0 Å². The molecule has 0 aliphatic rings. The summed E-state index contributed by atoms with van der Waals surface area (Å²) >= 11 is 0. The molecule has 2 radical (unpaired) electrons. The van der Waals surface area contributed by atoms with Crippen molar-refractivity contribution >= 4 is 0 Å². The van der Waals surface area contributed by atoms with Crippen LogP contribution in [0.1, 0.15) is 0 Å². The van der Waals surface area contributed by atoms with E-state index in [1.54, 1.807) is 0 Å². The Morgan fingerprint density at radius 1 is 0.400 bits per heavy atom. The Morgan fingerprint density at radius 2 is 0.400 bits per heavy atom. The molecule has 5 heteroatoms. The van der Waals surface area contributed by atoms with Crippen LogP contribution in [-0.4, -0.2) is 0 Å². The summed E-state index contributed by atoms with van der Waals surface area (Å²) in [6.45, 7) is 0. The molecule has 0 rings (SSSR count). The first-order valence-electron chi connectivity index (χ1n) is 0. The average Bonchev–Trinajstić information content (AvgIpc) is 0. The van der Waals surface area contributed by atoms with E-state index in [0.717, 1.165) is 0 Å². The molecule has 0 amide bonds. The number of rotatable bonds is 0. The third kappa shape index (κ3) is 49.6. The summed E-state index contributed by atoms with van der Waals surface area (Å²) in [4.78, 5) is 0. The monoisotopic (exact) mass is 166 g/mol. The van der Waals surface area contributed by atoms with Crippen molar-refractivity contribution in [3.63, 3.8) is 0 Å². The molecule has 0 aromatic carbocycles. The maximum atomic E-state index is 0. The Kier molecular flexibility index (Phi) is 3030. The average molecular weight is 166 g/mol. The van der Waals surface area contributed by atoms with Crippen molar-refractivity contribution in [1.82, 2.24) is 0 Å². The van der Waals surface area contributed by atoms with Gasteiger partial charge in [-0.15, -0.1) is 0 Å². The van der Waals surface area contributed by atoms with Gasteiger partial charge in [0.15, 0.2) is 0 Å². The topological polar surface area (TPSA) is 85.5 Å². The molecule has 0 aromatic rings. The molecule has 0 aromatic heterocycles. The molecule has 3 nitrogen and oxygen atoms in total. The van der Waals surface area contributed by atoms with Crippen molar-refractivity contribution < 1.29 is 50.6 Å². The van der Waals surface area contributed by atoms with Gasteiger partial charge in [-0.05, 0) is 0 Å². The molecule has 0 saturated carbocycles. The van der Waals surface area contributed by atoms with E-state index in [-0.39, 0.29) is 50.6 Å². The first-order valence-corrected chi connectivity index (χ1v) is 0. The Hall–Kier alpha value is 0.919. The fraction of sp³-hybridized carbons (Fsp3) is 0. The Morgan fingerprint density at radius 3 is 0.400 bits per heavy atom. The molecular formula is Fe2O3. The second-order valence-corrected chi connectivity index (χ2v) is 0. The maximum absolute atomic E-state index is 0. The van der Waals surface area contributed by atoms with Gasteiger partial charge in [0.1, 0.15) is 0 Å². The molecule has 0 saturated heterocycles. The standard InChI is InChI=1S/2Fe.3O/q2*+3;3*-2/i2*1+3;;;. The molecule has 34 valence electrons. The van der Waals surface area contributed by atoms with Gasteiger partial charge >= 0.3 is 34.1 Å². The van der Waals surface area contributed by atoms with Gasteiger partial charge in [0.2, 0.25) is 0 Å². The van der Waals surface area contributed by atoms with Gasteiger partial charge in [-0.2, -0.15) is 0 Å². The summed E-state index contributed by atoms with van der Waals surface area (Å²) in [5, 5.41) is 0. The molecule has 0 heterocycles. The zero-order valence-electron chi connectivity index (χ0n) is 1.93. The van der Waals surface area contributed by atoms with E-state index in [1.807, 2.05) is 0 Å². The second-order valence-electron chi connectivity index (χ2n) is 0. The van der Waals surface area contributed by atoms with Crippen LogP contribution in [0.25, 0.3) is 0 Å². The number of hydrogen-bond donors (Lipinski definition) is 0. The molecule has 0 fully saturated rings. The molecule has 0 atom stereocenters. The van der Waals surface area contributed by atoms with E-state index in [4.69, 9.17) is 0 Å². The van der Waals surface area contributed by atoms with Crippen molar-refractivity contribution in [3.8, 4) is 0 Å². The molecule has 0 N–H and O–H groups in total. The number of hydrogen-bond acceptors (Lipinski definition) is 0. The van der Waals surface area contributed by atoms with E-state index in [1.165, 1.54) is 0 Å². The van der Waals surface area contributed by atoms with Crippen LogP contribution in [0.2, 0.25) is 0 Å². The van der Waals surface area contributed by atoms with Gasteiger partial charge in [-0.1, -0.05) is 0 Å². The first-order chi connectivity index (χ1) is 0. The van der Waals surface area contributed by atoms with E-state index in [2.05, 4.69) is 0 Å². The van der Waals surface area contributed by atoms with Crippen LogP contribution in [0.5, 0.6) is 0 Å². The van der Waals surface area contributed by atoms with E-state index in [9.17, 15) is 0 Å². The van der Waals surface area contributed by atoms with Crippen molar-refractivity contribution in [2.75, 3.05) is 0 Å². The van der Waals surface area contributed by atoms with E-state index in [0.29, 0.717) is 0 Å². The van der Waals surface area contributed by atoms with Gasteiger partial charge in [-0.3, -0.25) is 0 Å². The maximum Gasteiger partial charge on any atom is 3.00 e. The third-order valence-corrected chi connectivity index (χ3v) is 0. The summed E-state index contributed by atoms with van der Waals surface area (Å²) in [6.07, 6.45) is 0. The van der Waals surface area contributed by atoms with Crippen LogP contribution < -0.4 is 0 Å². The molecule has 0 unspecified atom stereocenters. The summed E-state index contributed by atoms with van der Waals surface area (Å²) in [5.74, 6) is 0. The minimum Gasteiger partial charge on any atom is -2.00 e. The summed E-state index contributed by atoms with van der Waals surface area (Å²) in [7, 11) is 0. The minimum atomic E-state index is 0.